The van der Waals surface area contributed by atoms with Crippen molar-refractivity contribution in [2.24, 2.45) is 0 Å². The second-order valence-corrected chi connectivity index (χ2v) is 7.33. The highest BCUT2D eigenvalue weighted by atomic mass is 32.2. The predicted octanol–water partition coefficient (Wildman–Crippen LogP) is 3.39. The van der Waals surface area contributed by atoms with Gasteiger partial charge in [-0.3, -0.25) is 4.79 Å². The van der Waals surface area contributed by atoms with E-state index in [1.165, 1.54) is 11.8 Å². The molecule has 1 aliphatic rings. The summed E-state index contributed by atoms with van der Waals surface area (Å²) in [4.78, 5) is 12.5. The van der Waals surface area contributed by atoms with E-state index in [2.05, 4.69) is 20.8 Å². The summed E-state index contributed by atoms with van der Waals surface area (Å²) >= 11 is 1.84. The van der Waals surface area contributed by atoms with Gasteiger partial charge in [0.05, 0.1) is 23.2 Å². The van der Waals surface area contributed by atoms with Crippen LogP contribution in [0.15, 0.2) is 34.3 Å². The van der Waals surface area contributed by atoms with Crippen LogP contribution in [0.5, 0.6) is 0 Å². The predicted molar refractivity (Wildman–Crippen MR) is 88.7 cm³/mol. The van der Waals surface area contributed by atoms with Crippen LogP contribution in [0.4, 0.5) is 18.9 Å². The van der Waals surface area contributed by atoms with Crippen molar-refractivity contribution in [2.75, 3.05) is 16.8 Å². The van der Waals surface area contributed by atoms with E-state index in [0.29, 0.717) is 33.5 Å². The third kappa shape index (κ3) is 5.36. The van der Waals surface area contributed by atoms with Crippen LogP contribution in [0, 0.1) is 0 Å². The Morgan fingerprint density at radius 3 is 2.76 bits per heavy atom. The summed E-state index contributed by atoms with van der Waals surface area (Å²) in [5.41, 5.74) is 0.365. The number of halogens is 3. The van der Waals surface area contributed by atoms with Gasteiger partial charge >= 0.3 is 6.18 Å². The topological polar surface area (TPSA) is 72.7 Å². The maximum absolute atomic E-state index is 12.4. The number of benzene rings is 1. The van der Waals surface area contributed by atoms with Crippen molar-refractivity contribution in [3.63, 3.8) is 0 Å². The molecule has 3 rings (SSSR count). The highest BCUT2D eigenvalue weighted by molar-refractivity contribution is 8.00. The van der Waals surface area contributed by atoms with Gasteiger partial charge in [0.15, 0.2) is 0 Å². The number of hydrogen-bond donors (Lipinski definition) is 1. The van der Waals surface area contributed by atoms with Gasteiger partial charge < -0.3 is 5.32 Å². The molecule has 11 heteroatoms. The van der Waals surface area contributed by atoms with E-state index < -0.39 is 11.9 Å². The molecular formula is C14H14F3N5OS2. The lowest BCUT2D eigenvalue weighted by atomic mass is 10.3. The first-order valence-electron chi connectivity index (χ1n) is 7.41. The molecule has 1 aromatic carbocycles. The minimum absolute atomic E-state index is 0.0748. The van der Waals surface area contributed by atoms with Gasteiger partial charge in [0.25, 0.3) is 0 Å². The van der Waals surface area contributed by atoms with E-state index in [4.69, 9.17) is 0 Å². The number of amides is 1. The standard InChI is InChI=1S/C14H14F3N5OS2/c15-14(16,17)8-25-11-4-2-1-3-10(11)18-12(23)7-24-13-19-20-21-22(13)9-5-6-9/h1-4,9H,5-8H2,(H,18,23). The second-order valence-electron chi connectivity index (χ2n) is 5.37. The zero-order valence-corrected chi connectivity index (χ0v) is 14.5. The van der Waals surface area contributed by atoms with Crippen LogP contribution < -0.4 is 5.32 Å². The van der Waals surface area contributed by atoms with Crippen LogP contribution in [0.25, 0.3) is 0 Å². The molecule has 1 aromatic heterocycles. The van der Waals surface area contributed by atoms with E-state index in [9.17, 15) is 18.0 Å². The lowest BCUT2D eigenvalue weighted by Gasteiger charge is -2.11. The molecule has 1 amide bonds. The molecule has 1 aliphatic carbocycles. The van der Waals surface area contributed by atoms with Crippen LogP contribution in [-0.2, 0) is 4.79 Å². The molecule has 0 atom stereocenters. The number of tetrazole rings is 1. The lowest BCUT2D eigenvalue weighted by molar-refractivity contribution is -0.113. The fourth-order valence-corrected chi connectivity index (χ4v) is 3.51. The Kier molecular flexibility index (Phi) is 5.52. The summed E-state index contributed by atoms with van der Waals surface area (Å²) in [5, 5.41) is 14.6. The Morgan fingerprint density at radius 1 is 1.28 bits per heavy atom. The van der Waals surface area contributed by atoms with Gasteiger partial charge in [-0.15, -0.1) is 16.9 Å². The van der Waals surface area contributed by atoms with Crippen LogP contribution in [0.3, 0.4) is 0 Å². The summed E-state index contributed by atoms with van der Waals surface area (Å²) in [5.74, 6) is -1.26. The molecule has 0 bridgehead atoms. The van der Waals surface area contributed by atoms with Gasteiger partial charge in [0.1, 0.15) is 0 Å². The van der Waals surface area contributed by atoms with Crippen molar-refractivity contribution in [1.82, 2.24) is 20.2 Å². The monoisotopic (exact) mass is 389 g/mol. The summed E-state index contributed by atoms with van der Waals surface area (Å²) < 4.78 is 38.9. The first-order chi connectivity index (χ1) is 11.9. The number of rotatable bonds is 7. The molecular weight excluding hydrogens is 375 g/mol. The van der Waals surface area contributed by atoms with Crippen LogP contribution in [0.1, 0.15) is 18.9 Å². The van der Waals surface area contributed by atoms with Crippen LogP contribution in [-0.4, -0.2) is 43.8 Å². The molecule has 6 nitrogen and oxygen atoms in total. The van der Waals surface area contributed by atoms with Crippen molar-refractivity contribution >= 4 is 35.1 Å². The number of aromatic nitrogens is 4. The molecule has 0 radical (unpaired) electrons. The van der Waals surface area contributed by atoms with E-state index >= 15 is 0 Å². The summed E-state index contributed by atoms with van der Waals surface area (Å²) in [6.07, 6.45) is -2.22. The summed E-state index contributed by atoms with van der Waals surface area (Å²) in [7, 11) is 0. The number of hydrogen-bond acceptors (Lipinski definition) is 6. The molecule has 0 saturated heterocycles. The number of thioether (sulfide) groups is 2. The SMILES string of the molecule is O=C(CSc1nnnn1C1CC1)Nc1ccccc1SCC(F)(F)F. The number of alkyl halides is 3. The maximum atomic E-state index is 12.4. The van der Waals surface area contributed by atoms with Gasteiger partial charge in [0.2, 0.25) is 11.1 Å². The zero-order chi connectivity index (χ0) is 17.9. The highest BCUT2D eigenvalue weighted by Crippen LogP contribution is 2.36. The number of para-hydroxylation sites is 1. The van der Waals surface area contributed by atoms with Gasteiger partial charge in [-0.2, -0.15) is 13.2 Å². The third-order valence-electron chi connectivity index (χ3n) is 3.24. The van der Waals surface area contributed by atoms with Gasteiger partial charge in [-0.1, -0.05) is 23.9 Å². The molecule has 0 unspecified atom stereocenters. The minimum Gasteiger partial charge on any atom is -0.324 e. The largest absolute Gasteiger partial charge is 0.398 e. The Bertz CT molecular complexity index is 748. The third-order valence-corrected chi connectivity index (χ3v) is 5.31. The number of nitrogens with zero attached hydrogens (tertiary/aromatic N) is 4. The van der Waals surface area contributed by atoms with E-state index in [1.54, 1.807) is 28.9 Å². The Balaban J connectivity index is 1.56. The minimum atomic E-state index is -4.27. The van der Waals surface area contributed by atoms with Crippen molar-refractivity contribution in [3.05, 3.63) is 24.3 Å². The maximum Gasteiger partial charge on any atom is 0.398 e. The fourth-order valence-electron chi connectivity index (χ4n) is 2.00. The quantitative estimate of drug-likeness (QED) is 0.732. The molecule has 2 aromatic rings. The smallest absolute Gasteiger partial charge is 0.324 e. The average Bonchev–Trinajstić information content (AvgIpc) is 3.29. The zero-order valence-electron chi connectivity index (χ0n) is 12.9. The molecule has 0 spiro atoms. The number of carbonyl (C=O) groups excluding carboxylic acids is 1. The Morgan fingerprint density at radius 2 is 2.04 bits per heavy atom. The molecule has 1 saturated carbocycles. The van der Waals surface area contributed by atoms with E-state index in [0.717, 1.165) is 12.8 Å². The molecule has 134 valence electrons. The average molecular weight is 389 g/mol. The number of anilines is 1. The second kappa shape index (κ2) is 7.65. The van der Waals surface area contributed by atoms with E-state index in [-0.39, 0.29) is 11.7 Å². The molecule has 0 aliphatic heterocycles. The fraction of sp³-hybridized carbons (Fsp3) is 0.429. The number of carbonyl (C=O) groups is 1. The van der Waals surface area contributed by atoms with Gasteiger partial charge in [-0.05, 0) is 35.4 Å². The first-order valence-corrected chi connectivity index (χ1v) is 9.38. The van der Waals surface area contributed by atoms with Crippen LogP contribution >= 0.6 is 23.5 Å². The van der Waals surface area contributed by atoms with Gasteiger partial charge in [0, 0.05) is 4.90 Å². The molecule has 1 N–H and O–H groups in total. The lowest BCUT2D eigenvalue weighted by Crippen LogP contribution is -2.16. The van der Waals surface area contributed by atoms with Crippen molar-refractivity contribution < 1.29 is 18.0 Å². The first kappa shape index (κ1) is 18.1. The van der Waals surface area contributed by atoms with Gasteiger partial charge in [-0.25, -0.2) is 4.68 Å². The number of nitrogens with one attached hydrogen (secondary N) is 1. The highest BCUT2D eigenvalue weighted by Gasteiger charge is 2.29. The van der Waals surface area contributed by atoms with E-state index in [1.807, 2.05) is 0 Å². The molecule has 1 fully saturated rings. The molecule has 25 heavy (non-hydrogen) atoms. The summed E-state index contributed by atoms with van der Waals surface area (Å²) in [6, 6.07) is 6.73. The van der Waals surface area contributed by atoms with Crippen LogP contribution in [0.2, 0.25) is 0 Å². The molecule has 1 heterocycles. The van der Waals surface area contributed by atoms with Crippen molar-refractivity contribution in [3.8, 4) is 0 Å². The van der Waals surface area contributed by atoms with Crippen molar-refractivity contribution in [2.45, 2.75) is 35.1 Å². The Labute approximate surface area is 149 Å². The normalized spacial score (nSPS) is 14.5. The summed E-state index contributed by atoms with van der Waals surface area (Å²) in [6.45, 7) is 0. The Hall–Kier alpha value is -1.75. The van der Waals surface area contributed by atoms with Crippen molar-refractivity contribution in [1.29, 1.82) is 0 Å².